The third-order valence-corrected chi connectivity index (χ3v) is 5.46. The molecule has 3 aromatic rings. The minimum Gasteiger partial charge on any atom is -0.393 e. The Balaban J connectivity index is 1.59. The topological polar surface area (TPSA) is 127 Å². The Labute approximate surface area is 158 Å². The van der Waals surface area contributed by atoms with Crippen molar-refractivity contribution in [2.24, 2.45) is 0 Å². The van der Waals surface area contributed by atoms with Gasteiger partial charge < -0.3 is 25.6 Å². The Kier molecular flexibility index (Phi) is 4.96. The maximum absolute atomic E-state index is 12.4. The molecule has 6 N–H and O–H groups in total. The highest BCUT2D eigenvalue weighted by atomic mass is 32.1. The predicted octanol–water partition coefficient (Wildman–Crippen LogP) is 0.612. The number of hydrogen-bond donors (Lipinski definition) is 6. The summed E-state index contributed by atoms with van der Waals surface area (Å²) in [4.78, 5) is 21.3. The molecule has 3 unspecified atom stereocenters. The highest BCUT2D eigenvalue weighted by molar-refractivity contribution is 7.13. The van der Waals surface area contributed by atoms with Gasteiger partial charge in [-0.3, -0.25) is 9.63 Å². The quantitative estimate of drug-likeness (QED) is 0.386. The molecule has 0 spiro atoms. The second-order valence-electron chi connectivity index (χ2n) is 6.35. The smallest absolute Gasteiger partial charge is 0.257 e. The van der Waals surface area contributed by atoms with Crippen LogP contribution in [0.3, 0.4) is 0 Å². The Bertz CT molecular complexity index is 990. The first kappa shape index (κ1) is 18.1. The van der Waals surface area contributed by atoms with Crippen LogP contribution in [-0.2, 0) is 4.84 Å². The Hall–Kier alpha value is -2.27. The van der Waals surface area contributed by atoms with E-state index in [-0.39, 0.29) is 5.56 Å². The second-order valence-corrected chi connectivity index (χ2v) is 7.30. The Morgan fingerprint density at radius 2 is 2.04 bits per heavy atom. The first-order valence-corrected chi connectivity index (χ1v) is 9.30. The minimum atomic E-state index is -1.23. The molecule has 2 aromatic heterocycles. The molecule has 0 radical (unpaired) electrons. The van der Waals surface area contributed by atoms with Crippen LogP contribution in [0, 0.1) is 0 Å². The van der Waals surface area contributed by atoms with E-state index in [0.717, 1.165) is 10.3 Å². The molecule has 1 aromatic carbocycles. The first-order valence-electron chi connectivity index (χ1n) is 8.42. The number of anilines is 1. The van der Waals surface area contributed by atoms with Gasteiger partial charge in [-0.1, -0.05) is 12.1 Å². The number of hydrogen-bond acceptors (Lipinski definition) is 8. The van der Waals surface area contributed by atoms with Crippen molar-refractivity contribution in [3.05, 3.63) is 52.1 Å². The molecular formula is C18H19N3O5S. The number of hydroxylamine groups is 1. The summed E-state index contributed by atoms with van der Waals surface area (Å²) in [6.45, 7) is -0.415. The zero-order valence-electron chi connectivity index (χ0n) is 14.1. The third kappa shape index (κ3) is 3.48. The number of thiophene rings is 1. The van der Waals surface area contributed by atoms with Crippen molar-refractivity contribution in [1.82, 2.24) is 10.5 Å². The van der Waals surface area contributed by atoms with E-state index in [1.807, 2.05) is 29.6 Å². The lowest BCUT2D eigenvalue weighted by molar-refractivity contribution is -0.197. The second kappa shape index (κ2) is 7.39. The Morgan fingerprint density at radius 1 is 1.19 bits per heavy atom. The molecule has 3 heterocycles. The molecule has 0 bridgehead atoms. The summed E-state index contributed by atoms with van der Waals surface area (Å²) in [6, 6.07) is 11.0. The summed E-state index contributed by atoms with van der Waals surface area (Å²) < 4.78 is 0. The fourth-order valence-corrected chi connectivity index (χ4v) is 3.80. The number of H-pyrrole nitrogens is 1. The maximum atomic E-state index is 12.4. The summed E-state index contributed by atoms with van der Waals surface area (Å²) in [5, 5.41) is 35.0. The van der Waals surface area contributed by atoms with Crippen LogP contribution in [0.2, 0.25) is 0 Å². The molecular weight excluding hydrogens is 370 g/mol. The van der Waals surface area contributed by atoms with Crippen LogP contribution >= 0.6 is 11.3 Å². The van der Waals surface area contributed by atoms with Crippen LogP contribution in [-0.4, -0.2) is 51.4 Å². The van der Waals surface area contributed by atoms with Crippen molar-refractivity contribution in [3.8, 4) is 10.4 Å². The first-order chi connectivity index (χ1) is 13.1. The van der Waals surface area contributed by atoms with E-state index in [0.29, 0.717) is 16.8 Å². The molecule has 0 amide bonds. The van der Waals surface area contributed by atoms with Crippen LogP contribution in [0.1, 0.15) is 0 Å². The van der Waals surface area contributed by atoms with Gasteiger partial charge in [0.25, 0.3) is 5.56 Å². The van der Waals surface area contributed by atoms with Gasteiger partial charge in [-0.25, -0.2) is 0 Å². The number of pyridine rings is 1. The number of aliphatic hydroxyl groups excluding tert-OH is 3. The molecule has 1 aliphatic rings. The highest BCUT2D eigenvalue weighted by Gasteiger charge is 2.38. The fraction of sp³-hybridized carbons (Fsp3) is 0.278. The normalized spacial score (nSPS) is 25.6. The zero-order chi connectivity index (χ0) is 19.0. The number of rotatable bonds is 4. The number of aromatic nitrogens is 1. The summed E-state index contributed by atoms with van der Waals surface area (Å²) in [7, 11) is 0. The monoisotopic (exact) mass is 389 g/mol. The van der Waals surface area contributed by atoms with Crippen molar-refractivity contribution < 1.29 is 20.2 Å². The molecule has 1 fully saturated rings. The molecule has 1 aliphatic heterocycles. The van der Waals surface area contributed by atoms with Gasteiger partial charge in [0.15, 0.2) is 0 Å². The molecule has 4 rings (SSSR count). The maximum Gasteiger partial charge on any atom is 0.257 e. The van der Waals surface area contributed by atoms with Crippen molar-refractivity contribution in [1.29, 1.82) is 0 Å². The van der Waals surface area contributed by atoms with Crippen LogP contribution in [0.25, 0.3) is 21.3 Å². The van der Waals surface area contributed by atoms with Crippen molar-refractivity contribution in [3.63, 3.8) is 0 Å². The summed E-state index contributed by atoms with van der Waals surface area (Å²) in [6.07, 6.45) is -4.10. The lowest BCUT2D eigenvalue weighted by Gasteiger charge is -2.37. The van der Waals surface area contributed by atoms with Gasteiger partial charge in [0.05, 0.1) is 17.7 Å². The van der Waals surface area contributed by atoms with Gasteiger partial charge in [0.1, 0.15) is 24.5 Å². The van der Waals surface area contributed by atoms with E-state index in [1.165, 1.54) is 11.3 Å². The molecule has 9 heteroatoms. The average Bonchev–Trinajstić information content (AvgIpc) is 3.19. The molecule has 8 nitrogen and oxygen atoms in total. The van der Waals surface area contributed by atoms with Gasteiger partial charge in [-0.05, 0) is 35.0 Å². The van der Waals surface area contributed by atoms with Crippen molar-refractivity contribution in [2.75, 3.05) is 11.9 Å². The SMILES string of the molecule is O=c1[nH]c2cc(NC3NOC(CO)[C@H](O)C3O)ccc2cc1-c1cccs1. The lowest BCUT2D eigenvalue weighted by atomic mass is 10.0. The molecule has 0 saturated carbocycles. The van der Waals surface area contributed by atoms with E-state index >= 15 is 0 Å². The van der Waals surface area contributed by atoms with Gasteiger partial charge in [-0.15, -0.1) is 11.3 Å². The minimum absolute atomic E-state index is 0.178. The van der Waals surface area contributed by atoms with Gasteiger partial charge in [-0.2, -0.15) is 5.48 Å². The Morgan fingerprint density at radius 3 is 2.78 bits per heavy atom. The summed E-state index contributed by atoms with van der Waals surface area (Å²) >= 11 is 1.50. The van der Waals surface area contributed by atoms with Gasteiger partial charge >= 0.3 is 0 Å². The van der Waals surface area contributed by atoms with Gasteiger partial charge in [0, 0.05) is 10.6 Å². The molecule has 4 atom stereocenters. The molecule has 1 saturated heterocycles. The standard InChI is InChI=1S/C18H19N3O5S/c22-8-13-15(23)16(24)17(21-26-13)19-10-4-3-9-6-11(14-2-1-5-27-14)18(25)20-12(9)7-10/h1-7,13,15-17,19,21-24H,8H2,(H,20,25)/t13?,15-,16?,17?/m0/s1. The fourth-order valence-electron chi connectivity index (χ4n) is 3.06. The van der Waals surface area contributed by atoms with Crippen molar-refractivity contribution >= 4 is 27.9 Å². The van der Waals surface area contributed by atoms with Gasteiger partial charge in [0.2, 0.25) is 0 Å². The van der Waals surface area contributed by atoms with Crippen LogP contribution in [0.5, 0.6) is 0 Å². The number of benzene rings is 1. The van der Waals surface area contributed by atoms with E-state index in [9.17, 15) is 15.0 Å². The number of nitrogens with one attached hydrogen (secondary N) is 3. The molecule has 27 heavy (non-hydrogen) atoms. The summed E-state index contributed by atoms with van der Waals surface area (Å²) in [5.74, 6) is 0. The van der Waals surface area contributed by atoms with E-state index in [4.69, 9.17) is 9.94 Å². The van der Waals surface area contributed by atoms with E-state index < -0.39 is 31.1 Å². The predicted molar refractivity (Wildman–Crippen MR) is 102 cm³/mol. The lowest BCUT2D eigenvalue weighted by Crippen LogP contribution is -2.62. The zero-order valence-corrected chi connectivity index (χ0v) is 14.9. The van der Waals surface area contributed by atoms with Crippen LogP contribution in [0.15, 0.2) is 46.6 Å². The van der Waals surface area contributed by atoms with E-state index in [2.05, 4.69) is 15.8 Å². The number of aromatic amines is 1. The molecule has 142 valence electrons. The van der Waals surface area contributed by atoms with Crippen LogP contribution < -0.4 is 16.4 Å². The largest absolute Gasteiger partial charge is 0.393 e. The average molecular weight is 389 g/mol. The molecule has 0 aliphatic carbocycles. The number of fused-ring (bicyclic) bond motifs is 1. The van der Waals surface area contributed by atoms with Crippen LogP contribution in [0.4, 0.5) is 5.69 Å². The third-order valence-electron chi connectivity index (χ3n) is 4.55. The van der Waals surface area contributed by atoms with Crippen molar-refractivity contribution in [2.45, 2.75) is 24.5 Å². The van der Waals surface area contributed by atoms with E-state index in [1.54, 1.807) is 12.1 Å². The summed E-state index contributed by atoms with van der Waals surface area (Å²) in [5.41, 5.74) is 4.29. The highest BCUT2D eigenvalue weighted by Crippen LogP contribution is 2.25. The number of aliphatic hydroxyl groups is 3.